The van der Waals surface area contributed by atoms with Gasteiger partial charge < -0.3 is 9.64 Å². The lowest BCUT2D eigenvalue weighted by Gasteiger charge is -2.32. The van der Waals surface area contributed by atoms with Crippen molar-refractivity contribution in [1.29, 1.82) is 0 Å². The van der Waals surface area contributed by atoms with E-state index in [-0.39, 0.29) is 17.5 Å². The van der Waals surface area contributed by atoms with Crippen LogP contribution < -0.4 is 4.74 Å². The highest BCUT2D eigenvalue weighted by molar-refractivity contribution is 5.96. The lowest BCUT2D eigenvalue weighted by molar-refractivity contribution is 0.0688. The van der Waals surface area contributed by atoms with E-state index < -0.39 is 5.82 Å². The summed E-state index contributed by atoms with van der Waals surface area (Å²) in [5, 5.41) is 0. The van der Waals surface area contributed by atoms with Crippen molar-refractivity contribution in [3.63, 3.8) is 0 Å². The predicted molar refractivity (Wildman–Crippen MR) is 119 cm³/mol. The Kier molecular flexibility index (Phi) is 5.47. The minimum atomic E-state index is -0.428. The Labute approximate surface area is 184 Å². The van der Waals surface area contributed by atoms with Crippen LogP contribution in [-0.4, -0.2) is 48.5 Å². The number of ether oxygens (including phenoxy) is 1. The van der Waals surface area contributed by atoms with Gasteiger partial charge in [-0.2, -0.15) is 0 Å². The van der Waals surface area contributed by atoms with Crippen molar-refractivity contribution >= 4 is 5.91 Å². The van der Waals surface area contributed by atoms with Gasteiger partial charge in [0.15, 0.2) is 0 Å². The molecule has 0 spiro atoms. The minimum absolute atomic E-state index is 0.0335. The summed E-state index contributed by atoms with van der Waals surface area (Å²) in [5.41, 5.74) is 2.03. The summed E-state index contributed by atoms with van der Waals surface area (Å²) < 4.78 is 20.0. The first-order valence-corrected chi connectivity index (χ1v) is 11.5. The maximum Gasteiger partial charge on any atom is 0.257 e. The minimum Gasteiger partial charge on any atom is -0.497 e. The summed E-state index contributed by atoms with van der Waals surface area (Å²) in [6, 6.07) is 13.6. The molecule has 31 heavy (non-hydrogen) atoms. The largest absolute Gasteiger partial charge is 0.497 e. The number of carbonyl (C=O) groups is 1. The van der Waals surface area contributed by atoms with E-state index in [2.05, 4.69) is 17.0 Å². The number of halogens is 1. The van der Waals surface area contributed by atoms with Crippen molar-refractivity contribution in [2.24, 2.45) is 11.8 Å². The molecule has 2 heterocycles. The summed E-state index contributed by atoms with van der Waals surface area (Å²) in [6.07, 6.45) is 5.25. The summed E-state index contributed by atoms with van der Waals surface area (Å²) in [4.78, 5) is 18.2. The molecule has 1 amide bonds. The molecule has 1 aliphatic carbocycles. The number of fused-ring (bicyclic) bond motifs is 1. The van der Waals surface area contributed by atoms with Crippen molar-refractivity contribution in [2.45, 2.75) is 44.7 Å². The van der Waals surface area contributed by atoms with Crippen LogP contribution >= 0.6 is 0 Å². The average molecular weight is 423 g/mol. The van der Waals surface area contributed by atoms with Gasteiger partial charge in [-0.05, 0) is 55.0 Å². The van der Waals surface area contributed by atoms with Gasteiger partial charge in [0.1, 0.15) is 11.6 Å². The number of hydrogen-bond donors (Lipinski definition) is 0. The van der Waals surface area contributed by atoms with Crippen LogP contribution in [0.25, 0.3) is 0 Å². The average Bonchev–Trinajstić information content (AvgIpc) is 3.49. The van der Waals surface area contributed by atoms with E-state index in [1.807, 2.05) is 30.0 Å². The Morgan fingerprint density at radius 3 is 2.45 bits per heavy atom. The Balaban J connectivity index is 1.48. The van der Waals surface area contributed by atoms with Crippen LogP contribution in [0.1, 0.15) is 53.2 Å². The molecule has 0 bridgehead atoms. The zero-order valence-electron chi connectivity index (χ0n) is 18.4. The van der Waals surface area contributed by atoms with E-state index in [1.54, 1.807) is 13.2 Å². The van der Waals surface area contributed by atoms with Gasteiger partial charge in [-0.3, -0.25) is 9.69 Å². The molecule has 0 aromatic heterocycles. The number of aryl methyl sites for hydroxylation is 1. The molecular formula is C26H31FN2O2. The number of likely N-dealkylation sites (tertiary alicyclic amines) is 2. The standard InChI is InChI=1S/C26H31FN2O2/c1-17-6-5-9-23(27)24(17)26(30)29-15-19-14-28(20-7-3-4-8-20)16-22(19)25(29)18-10-12-21(31-2)13-11-18/h5-6,9-13,19-20,22,25H,3-4,7-8,14-16H2,1-2H3/t19-,22-,25-/m0/s1. The third kappa shape index (κ3) is 3.63. The Bertz CT molecular complexity index is 934. The van der Waals surface area contributed by atoms with Gasteiger partial charge in [0.05, 0.1) is 18.7 Å². The number of rotatable bonds is 4. The van der Waals surface area contributed by atoms with E-state index in [9.17, 15) is 9.18 Å². The Morgan fingerprint density at radius 1 is 1.03 bits per heavy atom. The molecule has 0 unspecified atom stereocenters. The van der Waals surface area contributed by atoms with Crippen LogP contribution in [0.3, 0.4) is 0 Å². The van der Waals surface area contributed by atoms with Crippen molar-refractivity contribution in [2.75, 3.05) is 26.7 Å². The van der Waals surface area contributed by atoms with Crippen LogP contribution in [0.4, 0.5) is 4.39 Å². The molecule has 164 valence electrons. The molecule has 2 aromatic carbocycles. The molecule has 1 saturated carbocycles. The summed E-state index contributed by atoms with van der Waals surface area (Å²) in [5.74, 6) is 1.01. The normalized spacial score (nSPS) is 26.4. The quantitative estimate of drug-likeness (QED) is 0.708. The molecule has 0 N–H and O–H groups in total. The number of methoxy groups -OCH3 is 1. The zero-order chi connectivity index (χ0) is 21.5. The maximum atomic E-state index is 14.7. The van der Waals surface area contributed by atoms with Gasteiger partial charge in [0.2, 0.25) is 0 Å². The second kappa shape index (κ2) is 8.27. The third-order valence-corrected chi connectivity index (χ3v) is 7.69. The first kappa shape index (κ1) is 20.5. The molecular weight excluding hydrogens is 391 g/mol. The third-order valence-electron chi connectivity index (χ3n) is 7.69. The van der Waals surface area contributed by atoms with E-state index >= 15 is 0 Å². The zero-order valence-corrected chi connectivity index (χ0v) is 18.4. The number of benzene rings is 2. The van der Waals surface area contributed by atoms with Gasteiger partial charge in [0.25, 0.3) is 5.91 Å². The fourth-order valence-electron chi connectivity index (χ4n) is 6.13. The first-order chi connectivity index (χ1) is 15.1. The summed E-state index contributed by atoms with van der Waals surface area (Å²) in [7, 11) is 1.66. The molecule has 4 nitrogen and oxygen atoms in total. The highest BCUT2D eigenvalue weighted by atomic mass is 19.1. The van der Waals surface area contributed by atoms with Gasteiger partial charge in [-0.1, -0.05) is 37.1 Å². The van der Waals surface area contributed by atoms with Crippen LogP contribution in [0.15, 0.2) is 42.5 Å². The Morgan fingerprint density at radius 2 is 1.77 bits per heavy atom. The fraction of sp³-hybridized carbons (Fsp3) is 0.500. The van der Waals surface area contributed by atoms with Crippen molar-refractivity contribution in [1.82, 2.24) is 9.80 Å². The van der Waals surface area contributed by atoms with E-state index in [0.29, 0.717) is 30.0 Å². The van der Waals surface area contributed by atoms with Crippen LogP contribution in [0.5, 0.6) is 5.75 Å². The number of nitrogens with zero attached hydrogens (tertiary/aromatic N) is 2. The highest BCUT2D eigenvalue weighted by Gasteiger charge is 2.50. The number of hydrogen-bond acceptors (Lipinski definition) is 3. The molecule has 3 fully saturated rings. The van der Waals surface area contributed by atoms with Crippen molar-refractivity contribution in [3.05, 3.63) is 65.0 Å². The second-order valence-electron chi connectivity index (χ2n) is 9.42. The van der Waals surface area contributed by atoms with Crippen LogP contribution in [0, 0.1) is 24.6 Å². The molecule has 3 aliphatic rings. The fourth-order valence-corrected chi connectivity index (χ4v) is 6.13. The Hall–Kier alpha value is -2.40. The van der Waals surface area contributed by atoms with Gasteiger partial charge >= 0.3 is 0 Å². The summed E-state index contributed by atoms with van der Waals surface area (Å²) >= 11 is 0. The van der Waals surface area contributed by atoms with E-state index in [0.717, 1.165) is 24.4 Å². The van der Waals surface area contributed by atoms with Gasteiger partial charge in [-0.25, -0.2) is 4.39 Å². The smallest absolute Gasteiger partial charge is 0.257 e. The van der Waals surface area contributed by atoms with Crippen LogP contribution in [0.2, 0.25) is 0 Å². The molecule has 5 heteroatoms. The maximum absolute atomic E-state index is 14.7. The van der Waals surface area contributed by atoms with E-state index in [4.69, 9.17) is 4.74 Å². The van der Waals surface area contributed by atoms with Crippen molar-refractivity contribution in [3.8, 4) is 5.75 Å². The summed E-state index contributed by atoms with van der Waals surface area (Å²) in [6.45, 7) is 4.57. The lowest BCUT2D eigenvalue weighted by Crippen LogP contribution is -2.38. The topological polar surface area (TPSA) is 32.8 Å². The van der Waals surface area contributed by atoms with Gasteiger partial charge in [-0.15, -0.1) is 0 Å². The predicted octanol–water partition coefficient (Wildman–Crippen LogP) is 4.83. The molecule has 3 atom stereocenters. The monoisotopic (exact) mass is 422 g/mol. The second-order valence-corrected chi connectivity index (χ2v) is 9.42. The molecule has 5 rings (SSSR count). The number of carbonyl (C=O) groups excluding carboxylic acids is 1. The van der Waals surface area contributed by atoms with Gasteiger partial charge in [0, 0.05) is 31.6 Å². The van der Waals surface area contributed by atoms with Crippen molar-refractivity contribution < 1.29 is 13.9 Å². The molecule has 0 radical (unpaired) electrons. The number of amides is 1. The lowest BCUT2D eigenvalue weighted by atomic mass is 9.89. The van der Waals surface area contributed by atoms with E-state index in [1.165, 1.54) is 31.7 Å². The molecule has 2 saturated heterocycles. The van der Waals surface area contributed by atoms with Crippen LogP contribution in [-0.2, 0) is 0 Å². The molecule has 2 aliphatic heterocycles. The SMILES string of the molecule is COc1ccc([C@H]2[C@H]3CN(C4CCCC4)C[C@H]3CN2C(=O)c2c(C)cccc2F)cc1. The first-order valence-electron chi connectivity index (χ1n) is 11.5. The highest BCUT2D eigenvalue weighted by Crippen LogP contribution is 2.47. The molecule has 2 aromatic rings.